The number of allylic oxidation sites excluding steroid dienone is 1. The topological polar surface area (TPSA) is 88.5 Å². The summed E-state index contributed by atoms with van der Waals surface area (Å²) in [6.45, 7) is 1.81. The summed E-state index contributed by atoms with van der Waals surface area (Å²) in [6.07, 6.45) is 2.06. The van der Waals surface area contributed by atoms with E-state index < -0.39 is 42.2 Å². The molecule has 0 saturated heterocycles. The van der Waals surface area contributed by atoms with Gasteiger partial charge in [0, 0.05) is 0 Å². The predicted octanol–water partition coefficient (Wildman–Crippen LogP) is 2.63. The molecule has 2 aromatic carbocycles. The molecular formula is C20H22O5S2. The van der Waals surface area contributed by atoms with Gasteiger partial charge in [-0.1, -0.05) is 55.5 Å². The van der Waals surface area contributed by atoms with E-state index in [0.29, 0.717) is 6.42 Å². The van der Waals surface area contributed by atoms with Gasteiger partial charge in [-0.15, -0.1) is 0 Å². The van der Waals surface area contributed by atoms with E-state index >= 15 is 0 Å². The Morgan fingerprint density at radius 2 is 1.19 bits per heavy atom. The maximum Gasteiger partial charge on any atom is 0.185 e. The minimum absolute atomic E-state index is 0.00691. The van der Waals surface area contributed by atoms with Gasteiger partial charge in [0.2, 0.25) is 0 Å². The standard InChI is InChI=1S/C20H22O5S2/c1-2-15-13-14-18(21)20(27(24,25)17-11-7-4-8-12-17)19(15)26(22,23)16-9-5-3-6-10-16/h3-15,18-21H,2H2,1H3/t15-,18+,19-,20-/m0/s1. The first-order chi connectivity index (χ1) is 12.8. The fraction of sp³-hybridized carbons (Fsp3) is 0.300. The summed E-state index contributed by atoms with van der Waals surface area (Å²) in [5.74, 6) is -0.512. The molecule has 0 bridgehead atoms. The largest absolute Gasteiger partial charge is 0.388 e. The molecule has 0 fully saturated rings. The molecule has 0 amide bonds. The Bertz CT molecular complexity index is 1010. The van der Waals surface area contributed by atoms with Crippen molar-refractivity contribution in [1.29, 1.82) is 0 Å². The van der Waals surface area contributed by atoms with E-state index in [9.17, 15) is 21.9 Å². The van der Waals surface area contributed by atoms with Crippen LogP contribution in [-0.4, -0.2) is 38.5 Å². The molecular weight excluding hydrogens is 384 g/mol. The summed E-state index contributed by atoms with van der Waals surface area (Å²) >= 11 is 0. The van der Waals surface area contributed by atoms with E-state index in [4.69, 9.17) is 0 Å². The summed E-state index contributed by atoms with van der Waals surface area (Å²) < 4.78 is 53.3. The van der Waals surface area contributed by atoms with Crippen LogP contribution in [0.5, 0.6) is 0 Å². The fourth-order valence-corrected chi connectivity index (χ4v) is 8.43. The second kappa shape index (κ2) is 7.58. The van der Waals surface area contributed by atoms with Gasteiger partial charge in [-0.25, -0.2) is 16.8 Å². The van der Waals surface area contributed by atoms with E-state index in [0.717, 1.165) is 0 Å². The second-order valence-electron chi connectivity index (χ2n) is 6.59. The lowest BCUT2D eigenvalue weighted by Crippen LogP contribution is -2.52. The Kier molecular flexibility index (Phi) is 5.55. The van der Waals surface area contributed by atoms with E-state index in [2.05, 4.69) is 0 Å². The number of benzene rings is 2. The molecule has 144 valence electrons. The first-order valence-electron chi connectivity index (χ1n) is 8.74. The van der Waals surface area contributed by atoms with Gasteiger partial charge in [0.1, 0.15) is 5.25 Å². The quantitative estimate of drug-likeness (QED) is 0.771. The smallest absolute Gasteiger partial charge is 0.185 e. The van der Waals surface area contributed by atoms with Gasteiger partial charge < -0.3 is 5.11 Å². The number of rotatable bonds is 5. The van der Waals surface area contributed by atoms with Crippen LogP contribution < -0.4 is 0 Å². The molecule has 2 aromatic rings. The Labute approximate surface area is 160 Å². The average Bonchev–Trinajstić information content (AvgIpc) is 2.69. The summed E-state index contributed by atoms with van der Waals surface area (Å²) in [6, 6.07) is 15.5. The Balaban J connectivity index is 2.20. The van der Waals surface area contributed by atoms with Crippen molar-refractivity contribution in [2.75, 3.05) is 0 Å². The maximum absolute atomic E-state index is 13.4. The Hall–Kier alpha value is -1.96. The average molecular weight is 407 g/mol. The van der Waals surface area contributed by atoms with Crippen molar-refractivity contribution in [3.63, 3.8) is 0 Å². The molecule has 0 saturated carbocycles. The van der Waals surface area contributed by atoms with Crippen molar-refractivity contribution in [2.24, 2.45) is 5.92 Å². The van der Waals surface area contributed by atoms with Crippen molar-refractivity contribution in [1.82, 2.24) is 0 Å². The molecule has 1 aliphatic rings. The highest BCUT2D eigenvalue weighted by Gasteiger charge is 2.50. The molecule has 1 N–H and O–H groups in total. The molecule has 0 aromatic heterocycles. The molecule has 5 nitrogen and oxygen atoms in total. The van der Waals surface area contributed by atoms with Crippen LogP contribution >= 0.6 is 0 Å². The zero-order valence-electron chi connectivity index (χ0n) is 14.8. The number of sulfone groups is 2. The van der Waals surface area contributed by atoms with Crippen molar-refractivity contribution in [3.05, 3.63) is 72.8 Å². The van der Waals surface area contributed by atoms with Crippen molar-refractivity contribution in [2.45, 2.75) is 39.7 Å². The molecule has 0 heterocycles. The predicted molar refractivity (Wildman–Crippen MR) is 104 cm³/mol. The molecule has 0 unspecified atom stereocenters. The van der Waals surface area contributed by atoms with Gasteiger partial charge in [0.25, 0.3) is 0 Å². The first-order valence-corrected chi connectivity index (χ1v) is 11.8. The van der Waals surface area contributed by atoms with E-state index in [1.54, 1.807) is 42.5 Å². The van der Waals surface area contributed by atoms with Crippen LogP contribution in [0.2, 0.25) is 0 Å². The summed E-state index contributed by atoms with van der Waals surface area (Å²) in [7, 11) is -8.06. The minimum atomic E-state index is -4.07. The van der Waals surface area contributed by atoms with Crippen molar-refractivity contribution in [3.8, 4) is 0 Å². The SMILES string of the molecule is CC[C@H]1C=C[C@@H](O)[C@H](S(=O)(=O)c2ccccc2)[C@H]1S(=O)(=O)c1ccccc1. The Morgan fingerprint density at radius 3 is 1.63 bits per heavy atom. The van der Waals surface area contributed by atoms with Crippen molar-refractivity contribution >= 4 is 19.7 Å². The monoisotopic (exact) mass is 406 g/mol. The third-order valence-electron chi connectivity index (χ3n) is 4.97. The molecule has 0 aliphatic heterocycles. The number of hydrogen-bond acceptors (Lipinski definition) is 5. The molecule has 27 heavy (non-hydrogen) atoms. The number of aliphatic hydroxyl groups is 1. The lowest BCUT2D eigenvalue weighted by atomic mass is 9.91. The van der Waals surface area contributed by atoms with Gasteiger partial charge in [0.05, 0.1) is 21.1 Å². The fourth-order valence-electron chi connectivity index (χ4n) is 3.58. The van der Waals surface area contributed by atoms with Crippen LogP contribution in [0.25, 0.3) is 0 Å². The second-order valence-corrected chi connectivity index (χ2v) is 10.8. The molecule has 4 atom stereocenters. The zero-order chi connectivity index (χ0) is 19.7. The van der Waals surface area contributed by atoms with Crippen LogP contribution in [0.4, 0.5) is 0 Å². The number of hydrogen-bond donors (Lipinski definition) is 1. The van der Waals surface area contributed by atoms with Crippen molar-refractivity contribution < 1.29 is 21.9 Å². The van der Waals surface area contributed by atoms with Crippen LogP contribution in [0.15, 0.2) is 82.6 Å². The van der Waals surface area contributed by atoms with E-state index in [-0.39, 0.29) is 9.79 Å². The van der Waals surface area contributed by atoms with Crippen LogP contribution in [0, 0.1) is 5.92 Å². The summed E-state index contributed by atoms with van der Waals surface area (Å²) in [5, 5.41) is 7.79. The maximum atomic E-state index is 13.4. The van der Waals surface area contributed by atoms with E-state index in [1.165, 1.54) is 30.3 Å². The minimum Gasteiger partial charge on any atom is -0.388 e. The van der Waals surface area contributed by atoms with Gasteiger partial charge in [-0.3, -0.25) is 0 Å². The number of aliphatic hydroxyl groups excluding tert-OH is 1. The zero-order valence-corrected chi connectivity index (χ0v) is 16.5. The van der Waals surface area contributed by atoms with Crippen LogP contribution in [0.1, 0.15) is 13.3 Å². The van der Waals surface area contributed by atoms with Crippen LogP contribution in [0.3, 0.4) is 0 Å². The molecule has 0 radical (unpaired) electrons. The molecule has 0 spiro atoms. The van der Waals surface area contributed by atoms with E-state index in [1.807, 2.05) is 6.92 Å². The van der Waals surface area contributed by atoms with Gasteiger partial charge in [-0.05, 0) is 36.6 Å². The van der Waals surface area contributed by atoms with Gasteiger partial charge in [-0.2, -0.15) is 0 Å². The highest BCUT2D eigenvalue weighted by molar-refractivity contribution is 7.96. The van der Waals surface area contributed by atoms with Crippen LogP contribution in [-0.2, 0) is 19.7 Å². The lowest BCUT2D eigenvalue weighted by molar-refractivity contribution is 0.197. The summed E-state index contributed by atoms with van der Waals surface area (Å²) in [4.78, 5) is 0.0664. The van der Waals surface area contributed by atoms with Gasteiger partial charge >= 0.3 is 0 Å². The van der Waals surface area contributed by atoms with Gasteiger partial charge in [0.15, 0.2) is 19.7 Å². The summed E-state index contributed by atoms with van der Waals surface area (Å²) in [5.41, 5.74) is 0. The molecule has 7 heteroatoms. The molecule has 1 aliphatic carbocycles. The lowest BCUT2D eigenvalue weighted by Gasteiger charge is -2.36. The normalized spacial score (nSPS) is 26.0. The highest BCUT2D eigenvalue weighted by Crippen LogP contribution is 2.37. The third kappa shape index (κ3) is 3.59. The third-order valence-corrected chi connectivity index (χ3v) is 9.65. The Morgan fingerprint density at radius 1 is 0.741 bits per heavy atom. The highest BCUT2D eigenvalue weighted by atomic mass is 32.2. The molecule has 3 rings (SSSR count). The first kappa shape index (κ1) is 19.8.